The molecule has 9 heteroatoms. The highest BCUT2D eigenvalue weighted by atomic mass is 127. The summed E-state index contributed by atoms with van der Waals surface area (Å²) in [6.45, 7) is 0. The van der Waals surface area contributed by atoms with Crippen molar-refractivity contribution in [2.75, 3.05) is 9.33 Å². The Morgan fingerprint density at radius 3 is 2.50 bits per heavy atom. The number of nitrogens with zero attached hydrogens (tertiary/aromatic N) is 1. The van der Waals surface area contributed by atoms with Crippen LogP contribution in [0.25, 0.3) is 0 Å². The first-order valence-corrected chi connectivity index (χ1v) is 7.67. The van der Waals surface area contributed by atoms with Gasteiger partial charge in [0.05, 0.1) is 11.6 Å². The molecule has 0 aliphatic carbocycles. The fourth-order valence-corrected chi connectivity index (χ4v) is 2.68. The Morgan fingerprint density at radius 2 is 1.95 bits per heavy atom. The number of hydrogen-bond donors (Lipinski definition) is 0. The summed E-state index contributed by atoms with van der Waals surface area (Å²) < 4.78 is 55.1. The van der Waals surface area contributed by atoms with Crippen LogP contribution in [0.5, 0.6) is 5.75 Å². The number of benzene rings is 1. The lowest BCUT2D eigenvalue weighted by atomic mass is 10.1. The Labute approximate surface area is 136 Å². The molecule has 2 amide bonds. The van der Waals surface area contributed by atoms with Gasteiger partial charge in [0.1, 0.15) is 0 Å². The zero-order valence-corrected chi connectivity index (χ0v) is 13.1. The number of alkyl halides is 5. The van der Waals surface area contributed by atoms with Gasteiger partial charge in [0.15, 0.2) is 5.75 Å². The second-order valence-electron chi connectivity index (χ2n) is 4.56. The molecule has 1 aromatic rings. The number of carbonyl (C=O) groups excluding carboxylic acids is 2. The molecule has 22 heavy (non-hydrogen) atoms. The van der Waals surface area contributed by atoms with E-state index in [1.54, 1.807) is 0 Å². The molecule has 0 N–H and O–H groups in total. The van der Waals surface area contributed by atoms with E-state index >= 15 is 0 Å². The maximum Gasteiger partial charge on any atom is 0.461 e. The minimum Gasteiger partial charge on any atom is -0.426 e. The summed E-state index contributed by atoms with van der Waals surface area (Å²) in [6, 6.07) is 4.87. The summed E-state index contributed by atoms with van der Waals surface area (Å²) in [5.74, 6) is -2.35. The highest BCUT2D eigenvalue weighted by Gasteiger charge is 2.46. The minimum atomic E-state index is -4.72. The van der Waals surface area contributed by atoms with E-state index in [0.29, 0.717) is 9.33 Å². The molecule has 0 saturated carbocycles. The molecule has 1 aromatic carbocycles. The van der Waals surface area contributed by atoms with Gasteiger partial charge in [-0.1, -0.05) is 34.7 Å². The maximum absolute atomic E-state index is 13.1. The van der Waals surface area contributed by atoms with Crippen LogP contribution < -0.4 is 9.64 Å². The van der Waals surface area contributed by atoms with Crippen LogP contribution in [-0.4, -0.2) is 28.8 Å². The van der Waals surface area contributed by atoms with E-state index in [9.17, 15) is 27.2 Å². The number of anilines is 1. The summed E-state index contributed by atoms with van der Waals surface area (Å²) in [5, 5.41) is 0. The lowest BCUT2D eigenvalue weighted by molar-refractivity contribution is -0.253. The number of carbonyl (C=O) groups is 2. The van der Waals surface area contributed by atoms with Gasteiger partial charge >= 0.3 is 12.5 Å². The van der Waals surface area contributed by atoms with Crippen LogP contribution in [0.2, 0.25) is 0 Å². The average Bonchev–Trinajstić information content (AvgIpc) is 2.73. The molecule has 0 spiro atoms. The predicted molar refractivity (Wildman–Crippen MR) is 77.5 cm³/mol. The van der Waals surface area contributed by atoms with Crippen molar-refractivity contribution in [3.05, 3.63) is 24.3 Å². The summed E-state index contributed by atoms with van der Waals surface area (Å²) in [4.78, 5) is 24.7. The molecule has 1 heterocycles. The van der Waals surface area contributed by atoms with Crippen molar-refractivity contribution in [1.82, 2.24) is 0 Å². The molecule has 120 valence electrons. The van der Waals surface area contributed by atoms with Crippen molar-refractivity contribution in [2.45, 2.75) is 19.0 Å². The SMILES string of the molecule is O=C1CC(CI)C(=O)N1c1ccccc1OC(F)(F)C(F)F. The van der Waals surface area contributed by atoms with Crippen LogP contribution in [0.4, 0.5) is 23.2 Å². The second kappa shape index (κ2) is 6.39. The number of para-hydroxylation sites is 2. The molecule has 4 nitrogen and oxygen atoms in total. The highest BCUT2D eigenvalue weighted by Crippen LogP contribution is 2.37. The topological polar surface area (TPSA) is 46.6 Å². The molecular formula is C13H10F4INO3. The van der Waals surface area contributed by atoms with E-state index in [0.717, 1.165) is 6.07 Å². The standard InChI is InChI=1S/C13H10F4INO3/c14-12(15)13(16,17)22-9-4-2-1-3-8(9)19-10(20)5-7(6-18)11(19)21/h1-4,7,12H,5-6H2. The molecular weight excluding hydrogens is 421 g/mol. The second-order valence-corrected chi connectivity index (χ2v) is 5.44. The average molecular weight is 431 g/mol. The van der Waals surface area contributed by atoms with Crippen LogP contribution in [0.3, 0.4) is 0 Å². The van der Waals surface area contributed by atoms with Gasteiger partial charge in [-0.2, -0.15) is 17.6 Å². The number of rotatable bonds is 5. The monoisotopic (exact) mass is 431 g/mol. The fourth-order valence-electron chi connectivity index (χ4n) is 1.99. The zero-order chi connectivity index (χ0) is 16.5. The molecule has 2 rings (SSSR count). The van der Waals surface area contributed by atoms with Gasteiger partial charge in [-0.25, -0.2) is 4.90 Å². The Hall–Kier alpha value is -1.39. The molecule has 1 fully saturated rings. The fraction of sp³-hybridized carbons (Fsp3) is 0.385. The molecule has 1 aliphatic heterocycles. The van der Waals surface area contributed by atoms with Gasteiger partial charge in [-0.15, -0.1) is 0 Å². The number of imide groups is 1. The zero-order valence-electron chi connectivity index (χ0n) is 10.9. The van der Waals surface area contributed by atoms with Gasteiger partial charge < -0.3 is 4.74 Å². The Morgan fingerprint density at radius 1 is 1.32 bits per heavy atom. The molecule has 0 radical (unpaired) electrons. The quantitative estimate of drug-likeness (QED) is 0.312. The molecule has 0 aromatic heterocycles. The van der Waals surface area contributed by atoms with Crippen molar-refractivity contribution in [3.63, 3.8) is 0 Å². The summed E-state index contributed by atoms with van der Waals surface area (Å²) in [6.07, 6.45) is -8.81. The van der Waals surface area contributed by atoms with Crippen LogP contribution in [-0.2, 0) is 9.59 Å². The van der Waals surface area contributed by atoms with Gasteiger partial charge in [-0.05, 0) is 12.1 Å². The van der Waals surface area contributed by atoms with E-state index < -0.39 is 36.0 Å². The summed E-state index contributed by atoms with van der Waals surface area (Å²) >= 11 is 1.93. The lowest BCUT2D eigenvalue weighted by Gasteiger charge is -2.22. The Bertz CT molecular complexity index is 596. The first-order chi connectivity index (χ1) is 10.3. The molecule has 0 bridgehead atoms. The lowest BCUT2D eigenvalue weighted by Crippen LogP contribution is -2.35. The minimum absolute atomic E-state index is 0.0542. The highest BCUT2D eigenvalue weighted by molar-refractivity contribution is 14.1. The van der Waals surface area contributed by atoms with Crippen molar-refractivity contribution in [2.24, 2.45) is 5.92 Å². The van der Waals surface area contributed by atoms with Gasteiger partial charge in [0.25, 0.3) is 0 Å². The molecule has 1 unspecified atom stereocenters. The van der Waals surface area contributed by atoms with Crippen molar-refractivity contribution < 1.29 is 31.9 Å². The van der Waals surface area contributed by atoms with Crippen LogP contribution >= 0.6 is 22.6 Å². The number of hydrogen-bond acceptors (Lipinski definition) is 3. The van der Waals surface area contributed by atoms with E-state index in [1.165, 1.54) is 18.2 Å². The molecule has 1 atom stereocenters. The molecule has 1 saturated heterocycles. The van der Waals surface area contributed by atoms with Crippen LogP contribution in [0.15, 0.2) is 24.3 Å². The number of halogens is 5. The normalized spacial score (nSPS) is 19.2. The third-order valence-corrected chi connectivity index (χ3v) is 4.10. The Balaban J connectivity index is 2.37. The third kappa shape index (κ3) is 3.18. The largest absolute Gasteiger partial charge is 0.461 e. The Kier molecular flexibility index (Phi) is 4.93. The first-order valence-electron chi connectivity index (χ1n) is 6.14. The van der Waals surface area contributed by atoms with E-state index in [4.69, 9.17) is 0 Å². The maximum atomic E-state index is 13.1. The van der Waals surface area contributed by atoms with Gasteiger partial charge in [-0.3, -0.25) is 9.59 Å². The van der Waals surface area contributed by atoms with Crippen LogP contribution in [0, 0.1) is 5.92 Å². The van der Waals surface area contributed by atoms with Gasteiger partial charge in [0.2, 0.25) is 11.8 Å². The van der Waals surface area contributed by atoms with Gasteiger partial charge in [0, 0.05) is 10.8 Å². The van der Waals surface area contributed by atoms with E-state index in [-0.39, 0.29) is 12.1 Å². The summed E-state index contributed by atoms with van der Waals surface area (Å²) in [5.41, 5.74) is -0.259. The number of ether oxygens (including phenoxy) is 1. The van der Waals surface area contributed by atoms with Crippen LogP contribution in [0.1, 0.15) is 6.42 Å². The van der Waals surface area contributed by atoms with Crippen molar-refractivity contribution >= 4 is 40.1 Å². The third-order valence-electron chi connectivity index (χ3n) is 3.03. The smallest absolute Gasteiger partial charge is 0.426 e. The first kappa shape index (κ1) is 17.0. The number of amides is 2. The van der Waals surface area contributed by atoms with E-state index in [1.807, 2.05) is 22.6 Å². The van der Waals surface area contributed by atoms with E-state index in [2.05, 4.69) is 4.74 Å². The summed E-state index contributed by atoms with van der Waals surface area (Å²) in [7, 11) is 0. The molecule has 1 aliphatic rings. The van der Waals surface area contributed by atoms with Crippen molar-refractivity contribution in [3.8, 4) is 5.75 Å². The van der Waals surface area contributed by atoms with Crippen molar-refractivity contribution in [1.29, 1.82) is 0 Å². The predicted octanol–water partition coefficient (Wildman–Crippen LogP) is 3.24.